The fourth-order valence-corrected chi connectivity index (χ4v) is 4.94. The number of nitrogens with two attached hydrogens (primary N) is 2. The molecule has 3 rings (SSSR count). The van der Waals surface area contributed by atoms with Crippen LogP contribution in [-0.2, 0) is 0 Å². The van der Waals surface area contributed by atoms with Crippen molar-refractivity contribution in [3.63, 3.8) is 0 Å². The second-order valence-corrected chi connectivity index (χ2v) is 6.23. The number of hydrogen-bond acceptors (Lipinski definition) is 2. The maximum Gasteiger partial charge on any atom is 0.0127 e. The molecule has 15 heavy (non-hydrogen) atoms. The average Bonchev–Trinajstić information content (AvgIpc) is 2.84. The summed E-state index contributed by atoms with van der Waals surface area (Å²) in [5, 5.41) is 0. The Labute approximate surface area is 92.8 Å². The molecule has 0 unspecified atom stereocenters. The minimum Gasteiger partial charge on any atom is -0.330 e. The summed E-state index contributed by atoms with van der Waals surface area (Å²) in [6.45, 7) is 0.881. The molecule has 3 aliphatic rings. The fraction of sp³-hybridized carbons (Fsp3) is 1.00. The first-order chi connectivity index (χ1) is 7.26. The molecule has 2 heteroatoms. The topological polar surface area (TPSA) is 52.0 Å². The van der Waals surface area contributed by atoms with Crippen LogP contribution in [0.2, 0.25) is 0 Å². The molecule has 0 amide bonds. The van der Waals surface area contributed by atoms with Crippen LogP contribution in [0.25, 0.3) is 0 Å². The van der Waals surface area contributed by atoms with Crippen LogP contribution in [0.3, 0.4) is 0 Å². The molecule has 3 aliphatic carbocycles. The summed E-state index contributed by atoms with van der Waals surface area (Å²) in [7, 11) is 0. The van der Waals surface area contributed by atoms with Crippen molar-refractivity contribution in [3.8, 4) is 0 Å². The van der Waals surface area contributed by atoms with Gasteiger partial charge in [-0.3, -0.25) is 0 Å². The van der Waals surface area contributed by atoms with Crippen molar-refractivity contribution in [1.82, 2.24) is 0 Å². The SMILES string of the molecule is NC[C@H]1CCC[C@@]2(C1)[C@H]1CC[C@H](C1)[C@@H]2N. The lowest BCUT2D eigenvalue weighted by molar-refractivity contribution is 0.0505. The lowest BCUT2D eigenvalue weighted by Gasteiger charge is -2.47. The average molecular weight is 208 g/mol. The monoisotopic (exact) mass is 208 g/mol. The third-order valence-electron chi connectivity index (χ3n) is 5.71. The van der Waals surface area contributed by atoms with E-state index in [1.54, 1.807) is 0 Å². The zero-order valence-corrected chi connectivity index (χ0v) is 9.62. The highest BCUT2D eigenvalue weighted by Gasteiger charge is 2.57. The van der Waals surface area contributed by atoms with Gasteiger partial charge in [0, 0.05) is 6.04 Å². The van der Waals surface area contributed by atoms with Crippen LogP contribution in [0.4, 0.5) is 0 Å². The van der Waals surface area contributed by atoms with Gasteiger partial charge < -0.3 is 11.5 Å². The second kappa shape index (κ2) is 3.46. The lowest BCUT2D eigenvalue weighted by Crippen LogP contribution is -2.49. The quantitative estimate of drug-likeness (QED) is 0.691. The maximum absolute atomic E-state index is 6.51. The summed E-state index contributed by atoms with van der Waals surface area (Å²) < 4.78 is 0. The summed E-state index contributed by atoms with van der Waals surface area (Å²) in [6.07, 6.45) is 9.74. The molecule has 2 bridgehead atoms. The molecule has 3 fully saturated rings. The van der Waals surface area contributed by atoms with E-state index in [1.165, 1.54) is 44.9 Å². The van der Waals surface area contributed by atoms with Gasteiger partial charge in [0.1, 0.15) is 0 Å². The van der Waals surface area contributed by atoms with Crippen LogP contribution < -0.4 is 11.5 Å². The van der Waals surface area contributed by atoms with Crippen molar-refractivity contribution in [2.75, 3.05) is 6.54 Å². The highest BCUT2D eigenvalue weighted by molar-refractivity contribution is 5.10. The Bertz CT molecular complexity index is 249. The normalized spacial score (nSPS) is 54.0. The Balaban J connectivity index is 1.83. The van der Waals surface area contributed by atoms with Crippen LogP contribution >= 0.6 is 0 Å². The van der Waals surface area contributed by atoms with Gasteiger partial charge in [-0.2, -0.15) is 0 Å². The zero-order chi connectivity index (χ0) is 10.5. The van der Waals surface area contributed by atoms with Gasteiger partial charge in [0.2, 0.25) is 0 Å². The smallest absolute Gasteiger partial charge is 0.0127 e. The number of hydrogen-bond donors (Lipinski definition) is 2. The molecule has 0 aliphatic heterocycles. The third-order valence-corrected chi connectivity index (χ3v) is 5.71. The molecular weight excluding hydrogens is 184 g/mol. The summed E-state index contributed by atoms with van der Waals surface area (Å²) in [4.78, 5) is 0. The van der Waals surface area contributed by atoms with Crippen molar-refractivity contribution < 1.29 is 0 Å². The van der Waals surface area contributed by atoms with Crippen molar-refractivity contribution in [2.24, 2.45) is 34.6 Å². The van der Waals surface area contributed by atoms with Crippen LogP contribution in [0.15, 0.2) is 0 Å². The summed E-state index contributed by atoms with van der Waals surface area (Å²) >= 11 is 0. The van der Waals surface area contributed by atoms with Crippen molar-refractivity contribution >= 4 is 0 Å². The van der Waals surface area contributed by atoms with Crippen LogP contribution in [0, 0.1) is 23.2 Å². The van der Waals surface area contributed by atoms with E-state index < -0.39 is 0 Å². The summed E-state index contributed by atoms with van der Waals surface area (Å²) in [6, 6.07) is 0.505. The minimum atomic E-state index is 0.505. The fourth-order valence-electron chi connectivity index (χ4n) is 4.94. The van der Waals surface area contributed by atoms with Crippen LogP contribution in [-0.4, -0.2) is 12.6 Å². The van der Waals surface area contributed by atoms with E-state index in [0.29, 0.717) is 11.5 Å². The Morgan fingerprint density at radius 2 is 2.07 bits per heavy atom. The van der Waals surface area contributed by atoms with Crippen LogP contribution in [0.1, 0.15) is 44.9 Å². The van der Waals surface area contributed by atoms with E-state index in [1.807, 2.05) is 0 Å². The molecule has 2 nitrogen and oxygen atoms in total. The molecule has 0 radical (unpaired) electrons. The maximum atomic E-state index is 6.51. The molecule has 5 atom stereocenters. The molecule has 0 heterocycles. The molecule has 0 aromatic heterocycles. The van der Waals surface area contributed by atoms with Gasteiger partial charge in [-0.15, -0.1) is 0 Å². The molecule has 0 aromatic rings. The zero-order valence-electron chi connectivity index (χ0n) is 9.62. The van der Waals surface area contributed by atoms with Gasteiger partial charge in [0.15, 0.2) is 0 Å². The largest absolute Gasteiger partial charge is 0.330 e. The van der Waals surface area contributed by atoms with E-state index in [4.69, 9.17) is 11.5 Å². The first kappa shape index (κ1) is 10.1. The predicted molar refractivity (Wildman–Crippen MR) is 62.3 cm³/mol. The Kier molecular flexibility index (Phi) is 2.33. The van der Waals surface area contributed by atoms with E-state index >= 15 is 0 Å². The van der Waals surface area contributed by atoms with E-state index in [0.717, 1.165) is 24.3 Å². The van der Waals surface area contributed by atoms with Gasteiger partial charge in [-0.25, -0.2) is 0 Å². The van der Waals surface area contributed by atoms with Gasteiger partial charge in [0.25, 0.3) is 0 Å². The number of fused-ring (bicyclic) bond motifs is 3. The van der Waals surface area contributed by atoms with E-state index in [9.17, 15) is 0 Å². The Hall–Kier alpha value is -0.0800. The first-order valence-electron chi connectivity index (χ1n) is 6.72. The van der Waals surface area contributed by atoms with Crippen molar-refractivity contribution in [1.29, 1.82) is 0 Å². The Morgan fingerprint density at radius 1 is 1.20 bits per heavy atom. The molecule has 4 N–H and O–H groups in total. The molecule has 0 saturated heterocycles. The molecular formula is C13H24N2. The lowest BCUT2D eigenvalue weighted by atomic mass is 9.59. The van der Waals surface area contributed by atoms with E-state index in [2.05, 4.69) is 0 Å². The van der Waals surface area contributed by atoms with Crippen molar-refractivity contribution in [3.05, 3.63) is 0 Å². The highest BCUT2D eigenvalue weighted by Crippen LogP contribution is 2.61. The van der Waals surface area contributed by atoms with Crippen molar-refractivity contribution in [2.45, 2.75) is 51.0 Å². The van der Waals surface area contributed by atoms with E-state index in [-0.39, 0.29) is 0 Å². The van der Waals surface area contributed by atoms with Gasteiger partial charge in [-0.05, 0) is 68.2 Å². The third kappa shape index (κ3) is 1.31. The number of rotatable bonds is 1. The Morgan fingerprint density at radius 3 is 2.73 bits per heavy atom. The standard InChI is InChI=1S/C13H24N2/c14-8-9-2-1-5-13(7-9)11-4-3-10(6-11)12(13)15/h9-12H,1-8,14-15H2/t9-,10+,11-,12-,13+/m0/s1. The molecule has 0 aromatic carbocycles. The highest BCUT2D eigenvalue weighted by atomic mass is 14.8. The molecule has 3 saturated carbocycles. The molecule has 1 spiro atoms. The van der Waals surface area contributed by atoms with Gasteiger partial charge in [-0.1, -0.05) is 6.42 Å². The minimum absolute atomic E-state index is 0.505. The first-order valence-corrected chi connectivity index (χ1v) is 6.72. The van der Waals surface area contributed by atoms with Crippen LogP contribution in [0.5, 0.6) is 0 Å². The predicted octanol–water partition coefficient (Wildman–Crippen LogP) is 1.88. The summed E-state index contributed by atoms with van der Waals surface area (Å²) in [5.41, 5.74) is 12.9. The summed E-state index contributed by atoms with van der Waals surface area (Å²) in [5.74, 6) is 2.57. The second-order valence-electron chi connectivity index (χ2n) is 6.23. The van der Waals surface area contributed by atoms with Gasteiger partial charge >= 0.3 is 0 Å². The molecule has 86 valence electrons. The van der Waals surface area contributed by atoms with Gasteiger partial charge in [0.05, 0.1) is 0 Å².